The monoisotopic (exact) mass is 328 g/mol. The highest BCUT2D eigenvalue weighted by molar-refractivity contribution is 5.89. The maximum absolute atomic E-state index is 12.0. The van der Waals surface area contributed by atoms with Crippen LogP contribution in [0.5, 0.6) is 5.75 Å². The van der Waals surface area contributed by atoms with Crippen molar-refractivity contribution < 1.29 is 23.1 Å². The van der Waals surface area contributed by atoms with Gasteiger partial charge in [-0.15, -0.1) is 0 Å². The summed E-state index contributed by atoms with van der Waals surface area (Å²) in [6.07, 6.45) is 0. The number of amides is 2. The third kappa shape index (κ3) is 6.63. The Balaban J connectivity index is 2.48. The van der Waals surface area contributed by atoms with E-state index in [9.17, 15) is 18.4 Å². The molecule has 1 atom stereocenters. The first-order valence-electron chi connectivity index (χ1n) is 7.22. The average molecular weight is 328 g/mol. The van der Waals surface area contributed by atoms with Gasteiger partial charge in [-0.25, -0.2) is 0 Å². The van der Waals surface area contributed by atoms with Gasteiger partial charge < -0.3 is 15.4 Å². The van der Waals surface area contributed by atoms with Crippen LogP contribution < -0.4 is 15.4 Å². The van der Waals surface area contributed by atoms with Crippen molar-refractivity contribution in [1.29, 1.82) is 0 Å². The van der Waals surface area contributed by atoms with E-state index in [0.717, 1.165) is 5.56 Å². The van der Waals surface area contributed by atoms with E-state index in [-0.39, 0.29) is 24.1 Å². The zero-order chi connectivity index (χ0) is 17.6. The Morgan fingerprint density at radius 2 is 1.74 bits per heavy atom. The van der Waals surface area contributed by atoms with Gasteiger partial charge in [-0.05, 0) is 24.6 Å². The van der Waals surface area contributed by atoms with E-state index in [4.69, 9.17) is 0 Å². The molecule has 1 aromatic rings. The van der Waals surface area contributed by atoms with Gasteiger partial charge in [0.15, 0.2) is 0 Å². The maximum atomic E-state index is 12.0. The summed E-state index contributed by atoms with van der Waals surface area (Å²) >= 11 is 0. The molecular weight excluding hydrogens is 306 g/mol. The Kier molecular flexibility index (Phi) is 6.48. The summed E-state index contributed by atoms with van der Waals surface area (Å²) < 4.78 is 28.3. The molecule has 0 spiro atoms. The zero-order valence-corrected chi connectivity index (χ0v) is 13.7. The van der Waals surface area contributed by atoms with Crippen LogP contribution in [0.3, 0.4) is 0 Å². The van der Waals surface area contributed by atoms with Gasteiger partial charge in [-0.3, -0.25) is 9.59 Å². The molecule has 1 aromatic carbocycles. The first-order chi connectivity index (χ1) is 10.6. The predicted molar refractivity (Wildman–Crippen MR) is 82.0 cm³/mol. The molecule has 2 N–H and O–H groups in total. The van der Waals surface area contributed by atoms with Crippen molar-refractivity contribution in [2.24, 2.45) is 5.41 Å². The molecule has 5 nitrogen and oxygen atoms in total. The first kappa shape index (κ1) is 18.9. The molecule has 0 heterocycles. The van der Waals surface area contributed by atoms with Crippen LogP contribution in [0.4, 0.5) is 8.78 Å². The van der Waals surface area contributed by atoms with E-state index < -0.39 is 18.1 Å². The average Bonchev–Trinajstić information content (AvgIpc) is 2.44. The molecule has 0 saturated heterocycles. The van der Waals surface area contributed by atoms with Gasteiger partial charge in [0.2, 0.25) is 11.8 Å². The quantitative estimate of drug-likeness (QED) is 0.843. The Hall–Kier alpha value is -2.18. The van der Waals surface area contributed by atoms with Crippen LogP contribution in [0, 0.1) is 5.41 Å². The Morgan fingerprint density at radius 1 is 1.17 bits per heavy atom. The van der Waals surface area contributed by atoms with Gasteiger partial charge >= 0.3 is 6.61 Å². The highest BCUT2D eigenvalue weighted by Crippen LogP contribution is 2.15. The van der Waals surface area contributed by atoms with Crippen molar-refractivity contribution in [2.75, 3.05) is 0 Å². The number of nitrogens with one attached hydrogen (secondary N) is 2. The summed E-state index contributed by atoms with van der Waals surface area (Å²) in [6.45, 7) is 4.23. The number of hydrogen-bond acceptors (Lipinski definition) is 3. The second-order valence-corrected chi connectivity index (χ2v) is 6.19. The number of ether oxygens (including phenoxy) is 1. The molecule has 0 aromatic heterocycles. The van der Waals surface area contributed by atoms with Crippen molar-refractivity contribution in [1.82, 2.24) is 10.6 Å². The molecule has 0 radical (unpaired) electrons. The number of halogens is 2. The lowest BCUT2D eigenvalue weighted by Gasteiger charge is -2.21. The van der Waals surface area contributed by atoms with Crippen LogP contribution in [-0.2, 0) is 16.1 Å². The predicted octanol–water partition coefficient (Wildman–Crippen LogP) is 2.46. The van der Waals surface area contributed by atoms with Crippen molar-refractivity contribution in [3.63, 3.8) is 0 Å². The van der Waals surface area contributed by atoms with Crippen LogP contribution in [0.15, 0.2) is 24.3 Å². The second-order valence-electron chi connectivity index (χ2n) is 6.19. The summed E-state index contributed by atoms with van der Waals surface area (Å²) in [5, 5.41) is 5.31. The van der Waals surface area contributed by atoms with E-state index in [2.05, 4.69) is 15.4 Å². The molecule has 23 heavy (non-hydrogen) atoms. The van der Waals surface area contributed by atoms with Crippen LogP contribution in [0.2, 0.25) is 0 Å². The molecule has 128 valence electrons. The number of alkyl halides is 2. The normalized spacial score (nSPS) is 12.7. The fourth-order valence-electron chi connectivity index (χ4n) is 1.61. The van der Waals surface area contributed by atoms with Gasteiger partial charge in [-0.2, -0.15) is 8.78 Å². The minimum absolute atomic E-state index is 0.0564. The van der Waals surface area contributed by atoms with E-state index in [1.165, 1.54) is 12.1 Å². The molecular formula is C16H22F2N2O3. The summed E-state index contributed by atoms with van der Waals surface area (Å²) in [6, 6.07) is 5.30. The molecule has 0 aliphatic rings. The topological polar surface area (TPSA) is 67.4 Å². The molecule has 0 aliphatic carbocycles. The van der Waals surface area contributed by atoms with Crippen LogP contribution in [0.1, 0.15) is 33.3 Å². The third-order valence-electron chi connectivity index (χ3n) is 3.04. The van der Waals surface area contributed by atoms with Gasteiger partial charge in [0.25, 0.3) is 0 Å². The minimum Gasteiger partial charge on any atom is -0.435 e. The van der Waals surface area contributed by atoms with Crippen LogP contribution in [0.25, 0.3) is 0 Å². The minimum atomic E-state index is -2.87. The van der Waals surface area contributed by atoms with Gasteiger partial charge in [0.1, 0.15) is 11.8 Å². The lowest BCUT2D eigenvalue weighted by molar-refractivity contribution is -0.133. The number of carbonyl (C=O) groups excluding carboxylic acids is 2. The lowest BCUT2D eigenvalue weighted by atomic mass is 9.95. The maximum Gasteiger partial charge on any atom is 0.387 e. The largest absolute Gasteiger partial charge is 0.435 e. The molecule has 1 unspecified atom stereocenters. The second kappa shape index (κ2) is 7.89. The third-order valence-corrected chi connectivity index (χ3v) is 3.04. The summed E-state index contributed by atoms with van der Waals surface area (Å²) in [5.74, 6) is -0.481. The van der Waals surface area contributed by atoms with Crippen molar-refractivity contribution in [3.05, 3.63) is 29.8 Å². The zero-order valence-electron chi connectivity index (χ0n) is 13.7. The standard InChI is InChI=1S/C16H22F2N2O3/c1-10(20-14(22)16(2,3)4)13(21)19-9-11-5-7-12(8-6-11)23-15(17)18/h5-8,10,15H,9H2,1-4H3,(H,19,21)(H,20,22). The van der Waals surface area contributed by atoms with Crippen molar-refractivity contribution >= 4 is 11.8 Å². The molecule has 0 aliphatic heterocycles. The Morgan fingerprint density at radius 3 is 2.22 bits per heavy atom. The number of benzene rings is 1. The fourth-order valence-corrected chi connectivity index (χ4v) is 1.61. The molecule has 0 fully saturated rings. The highest BCUT2D eigenvalue weighted by Gasteiger charge is 2.24. The van der Waals surface area contributed by atoms with E-state index >= 15 is 0 Å². The number of rotatable bonds is 6. The summed E-state index contributed by atoms with van der Waals surface area (Å²) in [5.41, 5.74) is 0.157. The van der Waals surface area contributed by atoms with E-state index in [1.807, 2.05) is 0 Å². The first-order valence-corrected chi connectivity index (χ1v) is 7.22. The molecule has 1 rings (SSSR count). The van der Waals surface area contributed by atoms with Gasteiger partial charge in [0, 0.05) is 12.0 Å². The number of carbonyl (C=O) groups is 2. The van der Waals surface area contributed by atoms with Crippen molar-refractivity contribution in [2.45, 2.75) is 46.9 Å². The molecule has 2 amide bonds. The van der Waals surface area contributed by atoms with Gasteiger partial charge in [0.05, 0.1) is 0 Å². The SMILES string of the molecule is CC(NC(=O)C(C)(C)C)C(=O)NCc1ccc(OC(F)F)cc1. The summed E-state index contributed by atoms with van der Waals surface area (Å²) in [7, 11) is 0. The number of hydrogen-bond donors (Lipinski definition) is 2. The lowest BCUT2D eigenvalue weighted by Crippen LogP contribution is -2.48. The van der Waals surface area contributed by atoms with Crippen molar-refractivity contribution in [3.8, 4) is 5.75 Å². The highest BCUT2D eigenvalue weighted by atomic mass is 19.3. The Bertz CT molecular complexity index is 539. The van der Waals surface area contributed by atoms with Crippen LogP contribution in [-0.4, -0.2) is 24.5 Å². The fraction of sp³-hybridized carbons (Fsp3) is 0.500. The molecule has 0 saturated carbocycles. The van der Waals surface area contributed by atoms with E-state index in [1.54, 1.807) is 39.8 Å². The van der Waals surface area contributed by atoms with Gasteiger partial charge in [-0.1, -0.05) is 32.9 Å². The summed E-state index contributed by atoms with van der Waals surface area (Å²) in [4.78, 5) is 23.8. The van der Waals surface area contributed by atoms with Crippen LogP contribution >= 0.6 is 0 Å². The smallest absolute Gasteiger partial charge is 0.387 e. The van der Waals surface area contributed by atoms with E-state index in [0.29, 0.717) is 0 Å². The molecule has 0 bridgehead atoms. The Labute approximate surface area is 134 Å². The molecule has 7 heteroatoms.